The first-order valence-corrected chi connectivity index (χ1v) is 10.4. The minimum absolute atomic E-state index is 0.0112. The average molecular weight is 422 g/mol. The molecule has 0 spiro atoms. The number of ether oxygens (including phenoxy) is 1. The first-order valence-electron chi connectivity index (χ1n) is 10.4. The molecule has 4 rings (SSSR count). The molecular formula is C25H24F2N2O2. The molecular weight excluding hydrogens is 398 g/mol. The number of hydrogen-bond acceptors (Lipinski definition) is 3. The Labute approximate surface area is 180 Å². The Hall–Kier alpha value is -3.28. The highest BCUT2D eigenvalue weighted by Gasteiger charge is 2.26. The van der Waals surface area contributed by atoms with Crippen molar-refractivity contribution in [2.45, 2.75) is 25.2 Å². The molecule has 0 N–H and O–H groups in total. The van der Waals surface area contributed by atoms with Crippen molar-refractivity contribution in [1.29, 1.82) is 0 Å². The third-order valence-corrected chi connectivity index (χ3v) is 5.59. The topological polar surface area (TPSA) is 42.4 Å². The zero-order valence-corrected chi connectivity index (χ0v) is 17.1. The third kappa shape index (κ3) is 5.26. The van der Waals surface area contributed by atoms with E-state index in [-0.39, 0.29) is 30.4 Å². The van der Waals surface area contributed by atoms with Gasteiger partial charge in [0.1, 0.15) is 17.4 Å². The van der Waals surface area contributed by atoms with Crippen LogP contribution in [0.3, 0.4) is 0 Å². The maximum Gasteiger partial charge on any atom is 0.260 e. The lowest BCUT2D eigenvalue weighted by Crippen LogP contribution is -2.41. The van der Waals surface area contributed by atoms with Gasteiger partial charge in [-0.3, -0.25) is 9.78 Å². The minimum Gasteiger partial charge on any atom is -0.484 e. The van der Waals surface area contributed by atoms with E-state index in [9.17, 15) is 13.6 Å². The molecule has 0 aliphatic carbocycles. The first kappa shape index (κ1) is 21.0. The number of pyridine rings is 1. The lowest BCUT2D eigenvalue weighted by atomic mass is 9.93. The van der Waals surface area contributed by atoms with Crippen LogP contribution < -0.4 is 4.74 Å². The van der Waals surface area contributed by atoms with E-state index in [1.807, 2.05) is 47.4 Å². The molecule has 1 aromatic heterocycles. The van der Waals surface area contributed by atoms with E-state index in [2.05, 4.69) is 4.98 Å². The van der Waals surface area contributed by atoms with Crippen LogP contribution in [-0.4, -0.2) is 35.5 Å². The van der Waals surface area contributed by atoms with E-state index in [1.54, 1.807) is 6.20 Å². The Morgan fingerprint density at radius 3 is 2.52 bits per heavy atom. The van der Waals surface area contributed by atoms with Gasteiger partial charge >= 0.3 is 0 Å². The molecule has 3 aromatic rings. The summed E-state index contributed by atoms with van der Waals surface area (Å²) in [6.45, 7) is 1.31. The van der Waals surface area contributed by atoms with Crippen molar-refractivity contribution in [2.75, 3.05) is 19.7 Å². The largest absolute Gasteiger partial charge is 0.484 e. The molecule has 0 bridgehead atoms. The molecule has 2 heterocycles. The average Bonchev–Trinajstić information content (AvgIpc) is 2.81. The fraction of sp³-hybridized carbons (Fsp3) is 0.280. The van der Waals surface area contributed by atoms with E-state index < -0.39 is 11.6 Å². The molecule has 1 unspecified atom stereocenters. The molecule has 31 heavy (non-hydrogen) atoms. The van der Waals surface area contributed by atoms with Crippen LogP contribution >= 0.6 is 0 Å². The van der Waals surface area contributed by atoms with Crippen LogP contribution in [0.25, 0.3) is 0 Å². The molecule has 1 saturated heterocycles. The number of nitrogens with zero attached hydrogens (tertiary/aromatic N) is 2. The summed E-state index contributed by atoms with van der Waals surface area (Å²) in [6, 6.07) is 16.9. The molecule has 0 saturated carbocycles. The number of piperidine rings is 1. The smallest absolute Gasteiger partial charge is 0.260 e. The van der Waals surface area contributed by atoms with Crippen LogP contribution in [0.2, 0.25) is 0 Å². The van der Waals surface area contributed by atoms with Crippen molar-refractivity contribution in [3.63, 3.8) is 0 Å². The maximum atomic E-state index is 13.9. The lowest BCUT2D eigenvalue weighted by molar-refractivity contribution is -0.134. The summed E-state index contributed by atoms with van der Waals surface area (Å²) >= 11 is 0. The number of rotatable bonds is 6. The van der Waals surface area contributed by atoms with Crippen LogP contribution in [0, 0.1) is 11.6 Å². The Kier molecular flexibility index (Phi) is 6.55. The summed E-state index contributed by atoms with van der Waals surface area (Å²) in [4.78, 5) is 18.9. The normalized spacial score (nSPS) is 16.2. The fourth-order valence-corrected chi connectivity index (χ4v) is 3.89. The molecule has 6 heteroatoms. The Bertz CT molecular complexity index is 1010. The highest BCUT2D eigenvalue weighted by Crippen LogP contribution is 2.26. The SMILES string of the molecule is O=C(COc1ccccc1)N1CCCC(c2ccc(Cc3c(F)cccc3F)cn2)C1. The molecule has 1 aliphatic heterocycles. The Morgan fingerprint density at radius 2 is 1.81 bits per heavy atom. The molecule has 160 valence electrons. The summed E-state index contributed by atoms with van der Waals surface area (Å²) in [5, 5.41) is 0. The summed E-state index contributed by atoms with van der Waals surface area (Å²) in [5.74, 6) is -0.340. The van der Waals surface area contributed by atoms with E-state index in [0.29, 0.717) is 18.8 Å². The quantitative estimate of drug-likeness (QED) is 0.577. The van der Waals surface area contributed by atoms with Crippen LogP contribution in [-0.2, 0) is 11.2 Å². The van der Waals surface area contributed by atoms with Gasteiger partial charge in [0.15, 0.2) is 6.61 Å². The van der Waals surface area contributed by atoms with Gasteiger partial charge in [0.2, 0.25) is 0 Å². The molecule has 4 nitrogen and oxygen atoms in total. The number of aromatic nitrogens is 1. The van der Waals surface area contributed by atoms with Gasteiger partial charge in [-0.25, -0.2) is 8.78 Å². The molecule has 1 atom stereocenters. The monoisotopic (exact) mass is 422 g/mol. The van der Waals surface area contributed by atoms with Crippen molar-refractivity contribution in [3.05, 3.63) is 95.3 Å². The van der Waals surface area contributed by atoms with Crippen LogP contribution in [0.4, 0.5) is 8.78 Å². The lowest BCUT2D eigenvalue weighted by Gasteiger charge is -2.32. The predicted molar refractivity (Wildman–Crippen MR) is 114 cm³/mol. The highest BCUT2D eigenvalue weighted by atomic mass is 19.1. The number of carbonyl (C=O) groups excluding carboxylic acids is 1. The van der Waals surface area contributed by atoms with Crippen LogP contribution in [0.1, 0.15) is 35.6 Å². The number of para-hydroxylation sites is 1. The highest BCUT2D eigenvalue weighted by molar-refractivity contribution is 5.78. The maximum absolute atomic E-state index is 13.9. The molecule has 0 radical (unpaired) electrons. The summed E-state index contributed by atoms with van der Waals surface area (Å²) in [5.41, 5.74) is 1.68. The second kappa shape index (κ2) is 9.69. The van der Waals surface area contributed by atoms with Gasteiger partial charge in [-0.1, -0.05) is 30.3 Å². The van der Waals surface area contributed by atoms with Gasteiger partial charge < -0.3 is 9.64 Å². The van der Waals surface area contributed by atoms with Crippen molar-refractivity contribution in [1.82, 2.24) is 9.88 Å². The zero-order valence-electron chi connectivity index (χ0n) is 17.1. The van der Waals surface area contributed by atoms with E-state index >= 15 is 0 Å². The second-order valence-electron chi connectivity index (χ2n) is 7.75. The van der Waals surface area contributed by atoms with Crippen molar-refractivity contribution in [3.8, 4) is 5.75 Å². The Morgan fingerprint density at radius 1 is 1.03 bits per heavy atom. The van der Waals surface area contributed by atoms with Crippen molar-refractivity contribution < 1.29 is 18.3 Å². The zero-order chi connectivity index (χ0) is 21.6. The van der Waals surface area contributed by atoms with E-state index in [0.717, 1.165) is 24.1 Å². The third-order valence-electron chi connectivity index (χ3n) is 5.59. The second-order valence-corrected chi connectivity index (χ2v) is 7.75. The van der Waals surface area contributed by atoms with Gasteiger partial charge in [0.05, 0.1) is 0 Å². The number of halogens is 2. The van der Waals surface area contributed by atoms with Crippen LogP contribution in [0.15, 0.2) is 66.9 Å². The molecule has 2 aromatic carbocycles. The van der Waals surface area contributed by atoms with E-state index in [4.69, 9.17) is 4.74 Å². The number of amides is 1. The standard InChI is InChI=1S/C25H24F2N2O2/c26-22-9-4-10-23(27)21(22)14-18-11-12-24(28-15-18)19-6-5-13-29(16-19)25(30)17-31-20-7-2-1-3-8-20/h1-4,7-12,15,19H,5-6,13-14,16-17H2. The summed E-state index contributed by atoms with van der Waals surface area (Å²) in [7, 11) is 0. The van der Waals surface area contributed by atoms with Gasteiger partial charge in [-0.05, 0) is 48.7 Å². The minimum atomic E-state index is -0.553. The number of hydrogen-bond donors (Lipinski definition) is 0. The molecule has 1 amide bonds. The van der Waals surface area contributed by atoms with Crippen molar-refractivity contribution in [2.24, 2.45) is 0 Å². The van der Waals surface area contributed by atoms with Gasteiger partial charge in [-0.15, -0.1) is 0 Å². The number of benzene rings is 2. The fourth-order valence-electron chi connectivity index (χ4n) is 3.89. The summed E-state index contributed by atoms with van der Waals surface area (Å²) in [6.07, 6.45) is 3.65. The van der Waals surface area contributed by atoms with Crippen molar-refractivity contribution >= 4 is 5.91 Å². The van der Waals surface area contributed by atoms with Gasteiger partial charge in [0.25, 0.3) is 5.91 Å². The van der Waals surface area contributed by atoms with Gasteiger partial charge in [-0.2, -0.15) is 0 Å². The molecule has 1 fully saturated rings. The Balaban J connectivity index is 1.36. The number of likely N-dealkylation sites (tertiary alicyclic amines) is 1. The molecule has 1 aliphatic rings. The van der Waals surface area contributed by atoms with E-state index in [1.165, 1.54) is 18.2 Å². The number of carbonyl (C=O) groups is 1. The first-order chi connectivity index (χ1) is 15.1. The van der Waals surface area contributed by atoms with Gasteiger partial charge in [0, 0.05) is 42.9 Å². The predicted octanol–water partition coefficient (Wildman–Crippen LogP) is 4.74. The van der Waals surface area contributed by atoms with Crippen LogP contribution in [0.5, 0.6) is 5.75 Å². The summed E-state index contributed by atoms with van der Waals surface area (Å²) < 4.78 is 33.4.